The van der Waals surface area contributed by atoms with E-state index < -0.39 is 5.54 Å². The largest absolute Gasteiger partial charge is 0.394 e. The molecule has 1 unspecified atom stereocenters. The van der Waals surface area contributed by atoms with Crippen LogP contribution in [-0.4, -0.2) is 29.0 Å². The zero-order valence-electron chi connectivity index (χ0n) is 9.87. The molecular weight excluding hydrogens is 305 g/mol. The van der Waals surface area contributed by atoms with Gasteiger partial charge in [-0.05, 0) is 31.5 Å². The van der Waals surface area contributed by atoms with Gasteiger partial charge >= 0.3 is 0 Å². The van der Waals surface area contributed by atoms with Crippen LogP contribution in [0.2, 0.25) is 5.02 Å². The molecule has 1 rings (SSSR count). The van der Waals surface area contributed by atoms with Crippen LogP contribution in [-0.2, 0) is 0 Å². The molecule has 0 amide bonds. The van der Waals surface area contributed by atoms with E-state index in [1.165, 1.54) is 0 Å². The van der Waals surface area contributed by atoms with Crippen molar-refractivity contribution in [3.05, 3.63) is 33.3 Å². The molecule has 1 atom stereocenters. The van der Waals surface area contributed by atoms with Gasteiger partial charge in [-0.3, -0.25) is 0 Å². The first-order valence-corrected chi connectivity index (χ1v) is 6.53. The van der Waals surface area contributed by atoms with Crippen molar-refractivity contribution in [1.29, 1.82) is 0 Å². The Hall–Kier alpha value is -0.130. The van der Waals surface area contributed by atoms with E-state index in [-0.39, 0.29) is 19.3 Å². The van der Waals surface area contributed by atoms with Crippen molar-refractivity contribution in [3.8, 4) is 0 Å². The SMILES string of the molecule is CC(NC(C)(CO)CO)c1ccc(Br)cc1Cl. The lowest BCUT2D eigenvalue weighted by Gasteiger charge is -2.30. The molecule has 0 heterocycles. The maximum Gasteiger partial charge on any atom is 0.0633 e. The topological polar surface area (TPSA) is 52.5 Å². The number of halogens is 2. The number of nitrogens with one attached hydrogen (secondary N) is 1. The van der Waals surface area contributed by atoms with Crippen LogP contribution in [0.3, 0.4) is 0 Å². The molecule has 96 valence electrons. The smallest absolute Gasteiger partial charge is 0.0633 e. The Morgan fingerprint density at radius 2 is 2.00 bits per heavy atom. The maximum atomic E-state index is 9.23. The lowest BCUT2D eigenvalue weighted by Crippen LogP contribution is -2.49. The lowest BCUT2D eigenvalue weighted by molar-refractivity contribution is 0.0957. The summed E-state index contributed by atoms with van der Waals surface area (Å²) in [4.78, 5) is 0. The van der Waals surface area contributed by atoms with Crippen molar-refractivity contribution < 1.29 is 10.2 Å². The van der Waals surface area contributed by atoms with Gasteiger partial charge < -0.3 is 15.5 Å². The van der Waals surface area contributed by atoms with Crippen molar-refractivity contribution in [3.63, 3.8) is 0 Å². The number of benzene rings is 1. The highest BCUT2D eigenvalue weighted by atomic mass is 79.9. The minimum absolute atomic E-state index is 0.0556. The second-order valence-electron chi connectivity index (χ2n) is 4.41. The normalized spacial score (nSPS) is 13.8. The van der Waals surface area contributed by atoms with E-state index in [0.717, 1.165) is 10.0 Å². The molecule has 0 radical (unpaired) electrons. The standard InChI is InChI=1S/C12H17BrClNO2/c1-8(15-12(2,6-16)7-17)10-4-3-9(13)5-11(10)14/h3-5,8,15-17H,6-7H2,1-2H3. The van der Waals surface area contributed by atoms with E-state index in [9.17, 15) is 10.2 Å². The van der Waals surface area contributed by atoms with Gasteiger partial charge in [-0.25, -0.2) is 0 Å². The minimum atomic E-state index is -0.712. The maximum absolute atomic E-state index is 9.23. The predicted molar refractivity (Wildman–Crippen MR) is 73.3 cm³/mol. The Bertz CT molecular complexity index is 383. The summed E-state index contributed by atoms with van der Waals surface area (Å²) < 4.78 is 0.922. The van der Waals surface area contributed by atoms with Crippen molar-refractivity contribution in [2.45, 2.75) is 25.4 Å². The number of aliphatic hydroxyl groups is 2. The van der Waals surface area contributed by atoms with Gasteiger partial charge in [0.05, 0.1) is 18.8 Å². The molecule has 5 heteroatoms. The minimum Gasteiger partial charge on any atom is -0.394 e. The van der Waals surface area contributed by atoms with E-state index in [0.29, 0.717) is 5.02 Å². The fourth-order valence-electron chi connectivity index (χ4n) is 1.59. The van der Waals surface area contributed by atoms with Crippen LogP contribution in [0.4, 0.5) is 0 Å². The van der Waals surface area contributed by atoms with E-state index in [1.807, 2.05) is 25.1 Å². The second-order valence-corrected chi connectivity index (χ2v) is 5.73. The van der Waals surface area contributed by atoms with E-state index >= 15 is 0 Å². The molecule has 0 bridgehead atoms. The van der Waals surface area contributed by atoms with Crippen molar-refractivity contribution in [1.82, 2.24) is 5.32 Å². The highest BCUT2D eigenvalue weighted by molar-refractivity contribution is 9.10. The van der Waals surface area contributed by atoms with Crippen LogP contribution in [0.15, 0.2) is 22.7 Å². The molecule has 0 aliphatic rings. The van der Waals surface area contributed by atoms with Gasteiger partial charge in [0.2, 0.25) is 0 Å². The first-order valence-electron chi connectivity index (χ1n) is 5.36. The van der Waals surface area contributed by atoms with Gasteiger partial charge in [-0.2, -0.15) is 0 Å². The van der Waals surface area contributed by atoms with Gasteiger partial charge in [0.1, 0.15) is 0 Å². The van der Waals surface area contributed by atoms with E-state index in [2.05, 4.69) is 21.2 Å². The summed E-state index contributed by atoms with van der Waals surface area (Å²) in [6.45, 7) is 3.43. The Labute approximate surface area is 115 Å². The second kappa shape index (κ2) is 6.16. The number of aliphatic hydroxyl groups excluding tert-OH is 2. The number of rotatable bonds is 5. The molecule has 0 fully saturated rings. The van der Waals surface area contributed by atoms with Gasteiger partial charge in [-0.1, -0.05) is 33.6 Å². The summed E-state index contributed by atoms with van der Waals surface area (Å²) in [6.07, 6.45) is 0. The quantitative estimate of drug-likeness (QED) is 0.781. The van der Waals surface area contributed by atoms with Crippen LogP contribution >= 0.6 is 27.5 Å². The molecule has 17 heavy (non-hydrogen) atoms. The van der Waals surface area contributed by atoms with Crippen molar-refractivity contribution in [2.75, 3.05) is 13.2 Å². The highest BCUT2D eigenvalue weighted by Gasteiger charge is 2.25. The van der Waals surface area contributed by atoms with Gasteiger partial charge in [-0.15, -0.1) is 0 Å². The Balaban J connectivity index is 2.86. The van der Waals surface area contributed by atoms with Crippen LogP contribution in [0.1, 0.15) is 25.5 Å². The van der Waals surface area contributed by atoms with Crippen LogP contribution in [0.25, 0.3) is 0 Å². The molecule has 1 aromatic rings. The monoisotopic (exact) mass is 321 g/mol. The lowest BCUT2D eigenvalue weighted by atomic mass is 10.0. The van der Waals surface area contributed by atoms with E-state index in [1.54, 1.807) is 6.92 Å². The summed E-state index contributed by atoms with van der Waals surface area (Å²) in [5.41, 5.74) is 0.221. The van der Waals surface area contributed by atoms with E-state index in [4.69, 9.17) is 11.6 Å². The molecule has 1 aromatic carbocycles. The molecule has 0 aliphatic heterocycles. The van der Waals surface area contributed by atoms with Crippen molar-refractivity contribution >= 4 is 27.5 Å². The van der Waals surface area contributed by atoms with Gasteiger partial charge in [0.25, 0.3) is 0 Å². The molecule has 3 N–H and O–H groups in total. The fourth-order valence-corrected chi connectivity index (χ4v) is 2.43. The van der Waals surface area contributed by atoms with Crippen molar-refractivity contribution in [2.24, 2.45) is 0 Å². The van der Waals surface area contributed by atoms with Crippen LogP contribution < -0.4 is 5.32 Å². The highest BCUT2D eigenvalue weighted by Crippen LogP contribution is 2.27. The van der Waals surface area contributed by atoms with Crippen LogP contribution in [0.5, 0.6) is 0 Å². The third-order valence-electron chi connectivity index (χ3n) is 2.69. The molecular formula is C12H17BrClNO2. The zero-order chi connectivity index (χ0) is 13.1. The summed E-state index contributed by atoms with van der Waals surface area (Å²) in [5.74, 6) is 0. The zero-order valence-corrected chi connectivity index (χ0v) is 12.2. The number of hydrogen-bond donors (Lipinski definition) is 3. The van der Waals surface area contributed by atoms with Gasteiger partial charge in [0, 0.05) is 15.5 Å². The molecule has 0 aromatic heterocycles. The predicted octanol–water partition coefficient (Wildman–Crippen LogP) is 2.50. The first-order chi connectivity index (χ1) is 7.91. The average molecular weight is 323 g/mol. The number of hydrogen-bond acceptors (Lipinski definition) is 3. The molecule has 0 saturated carbocycles. The summed E-state index contributed by atoms with van der Waals surface area (Å²) >= 11 is 9.49. The molecule has 0 saturated heterocycles. The average Bonchev–Trinajstić information content (AvgIpc) is 2.28. The third-order valence-corrected chi connectivity index (χ3v) is 3.51. The molecule has 3 nitrogen and oxygen atoms in total. The Kier molecular flexibility index (Phi) is 5.41. The molecule has 0 aliphatic carbocycles. The molecule has 0 spiro atoms. The Morgan fingerprint density at radius 1 is 1.41 bits per heavy atom. The van der Waals surface area contributed by atoms with Crippen LogP contribution in [0, 0.1) is 0 Å². The fraction of sp³-hybridized carbons (Fsp3) is 0.500. The summed E-state index contributed by atoms with van der Waals surface area (Å²) in [7, 11) is 0. The summed E-state index contributed by atoms with van der Waals surface area (Å²) in [6, 6.07) is 5.60. The Morgan fingerprint density at radius 3 is 2.47 bits per heavy atom. The first kappa shape index (κ1) is 14.9. The summed E-state index contributed by atoms with van der Waals surface area (Å²) in [5, 5.41) is 22.3. The van der Waals surface area contributed by atoms with Gasteiger partial charge in [0.15, 0.2) is 0 Å². The third kappa shape index (κ3) is 3.93.